The van der Waals surface area contributed by atoms with Gasteiger partial charge in [0.15, 0.2) is 0 Å². The third-order valence-electron chi connectivity index (χ3n) is 3.35. The zero-order chi connectivity index (χ0) is 16.6. The Morgan fingerprint density at radius 2 is 1.82 bits per heavy atom. The summed E-state index contributed by atoms with van der Waals surface area (Å²) >= 11 is 0. The third-order valence-corrected chi connectivity index (χ3v) is 3.35. The molecule has 6 nitrogen and oxygen atoms in total. The maximum atomic E-state index is 11.7. The number of phenolic OH excluding ortho intramolecular Hbond substituents is 1. The summed E-state index contributed by atoms with van der Waals surface area (Å²) in [5.41, 5.74) is 0.253. The number of benzene rings is 1. The Balaban J connectivity index is 2.18. The molecule has 0 saturated heterocycles. The predicted octanol–water partition coefficient (Wildman–Crippen LogP) is 2.60. The lowest BCUT2D eigenvalue weighted by molar-refractivity contribution is -0.153. The van der Waals surface area contributed by atoms with E-state index in [9.17, 15) is 9.59 Å². The van der Waals surface area contributed by atoms with Crippen LogP contribution in [0.1, 0.15) is 32.8 Å². The summed E-state index contributed by atoms with van der Waals surface area (Å²) in [5.74, 6) is -0.126. The molecule has 0 aliphatic carbocycles. The van der Waals surface area contributed by atoms with Crippen molar-refractivity contribution < 1.29 is 24.2 Å². The second-order valence-electron chi connectivity index (χ2n) is 5.54. The maximum absolute atomic E-state index is 11.7. The molecular formula is C16H23NO5. The van der Waals surface area contributed by atoms with Gasteiger partial charge in [0.25, 0.3) is 0 Å². The van der Waals surface area contributed by atoms with Crippen LogP contribution in [0.3, 0.4) is 0 Å². The number of hydrogen-bond acceptors (Lipinski definition) is 5. The third kappa shape index (κ3) is 6.03. The first-order valence-electron chi connectivity index (χ1n) is 7.21. The maximum Gasteiger partial charge on any atom is 0.407 e. The van der Waals surface area contributed by atoms with Gasteiger partial charge in [-0.1, -0.05) is 19.1 Å². The minimum absolute atomic E-state index is 0.106. The van der Waals surface area contributed by atoms with Crippen LogP contribution in [0, 0.1) is 5.41 Å². The van der Waals surface area contributed by atoms with Crippen molar-refractivity contribution in [1.82, 2.24) is 5.32 Å². The van der Waals surface area contributed by atoms with E-state index in [0.29, 0.717) is 6.42 Å². The molecule has 0 saturated carbocycles. The van der Waals surface area contributed by atoms with Crippen molar-refractivity contribution in [2.24, 2.45) is 5.41 Å². The van der Waals surface area contributed by atoms with Crippen LogP contribution in [0.4, 0.5) is 4.79 Å². The van der Waals surface area contributed by atoms with E-state index in [2.05, 4.69) is 5.32 Å². The van der Waals surface area contributed by atoms with Crippen molar-refractivity contribution in [3.63, 3.8) is 0 Å². The van der Waals surface area contributed by atoms with Crippen LogP contribution in [-0.4, -0.2) is 30.3 Å². The van der Waals surface area contributed by atoms with Crippen LogP contribution >= 0.6 is 0 Å². The number of phenols is 1. The molecule has 2 N–H and O–H groups in total. The fourth-order valence-corrected chi connectivity index (χ4v) is 1.43. The van der Waals surface area contributed by atoms with Crippen molar-refractivity contribution in [2.75, 3.05) is 13.2 Å². The molecule has 0 atom stereocenters. The molecule has 0 aromatic heterocycles. The molecule has 1 amide bonds. The minimum atomic E-state index is -0.584. The minimum Gasteiger partial charge on any atom is -0.508 e. The highest BCUT2D eigenvalue weighted by atomic mass is 16.6. The van der Waals surface area contributed by atoms with Crippen molar-refractivity contribution in [2.45, 2.75) is 33.8 Å². The number of aromatic hydroxyl groups is 1. The Morgan fingerprint density at radius 3 is 2.41 bits per heavy atom. The topological polar surface area (TPSA) is 84.9 Å². The first-order valence-corrected chi connectivity index (χ1v) is 7.21. The van der Waals surface area contributed by atoms with Gasteiger partial charge in [-0.25, -0.2) is 4.79 Å². The molecule has 0 heterocycles. The van der Waals surface area contributed by atoms with Gasteiger partial charge in [0.1, 0.15) is 19.0 Å². The zero-order valence-corrected chi connectivity index (χ0v) is 13.2. The molecule has 0 unspecified atom stereocenters. The smallest absolute Gasteiger partial charge is 0.407 e. The van der Waals surface area contributed by atoms with E-state index in [0.717, 1.165) is 5.56 Å². The van der Waals surface area contributed by atoms with Crippen LogP contribution in [0.25, 0.3) is 0 Å². The van der Waals surface area contributed by atoms with E-state index in [1.807, 2.05) is 20.8 Å². The van der Waals surface area contributed by atoms with Gasteiger partial charge in [-0.15, -0.1) is 0 Å². The van der Waals surface area contributed by atoms with Crippen LogP contribution < -0.4 is 5.32 Å². The van der Waals surface area contributed by atoms with Crippen molar-refractivity contribution in [3.8, 4) is 5.75 Å². The number of hydrogen-bond donors (Lipinski definition) is 2. The van der Waals surface area contributed by atoms with Crippen LogP contribution in [0.5, 0.6) is 5.75 Å². The summed E-state index contributed by atoms with van der Waals surface area (Å²) in [6, 6.07) is 6.37. The van der Waals surface area contributed by atoms with Crippen molar-refractivity contribution >= 4 is 12.1 Å². The molecule has 0 aliphatic heterocycles. The number of ether oxygens (including phenoxy) is 2. The monoisotopic (exact) mass is 309 g/mol. The highest BCUT2D eigenvalue weighted by Gasteiger charge is 2.26. The lowest BCUT2D eigenvalue weighted by Crippen LogP contribution is -2.31. The Labute approximate surface area is 130 Å². The second kappa shape index (κ2) is 8.26. The first kappa shape index (κ1) is 17.8. The van der Waals surface area contributed by atoms with Crippen molar-refractivity contribution in [1.29, 1.82) is 0 Å². The van der Waals surface area contributed by atoms with Gasteiger partial charge >= 0.3 is 12.1 Å². The predicted molar refractivity (Wildman–Crippen MR) is 81.3 cm³/mol. The largest absolute Gasteiger partial charge is 0.508 e. The highest BCUT2D eigenvalue weighted by Crippen LogP contribution is 2.21. The Bertz CT molecular complexity index is 496. The van der Waals surface area contributed by atoms with Crippen LogP contribution in [0.15, 0.2) is 24.3 Å². The van der Waals surface area contributed by atoms with E-state index in [1.54, 1.807) is 12.1 Å². The molecule has 1 aromatic carbocycles. The van der Waals surface area contributed by atoms with E-state index >= 15 is 0 Å². The highest BCUT2D eigenvalue weighted by molar-refractivity contribution is 5.75. The molecule has 1 aromatic rings. The number of rotatable bonds is 7. The van der Waals surface area contributed by atoms with Gasteiger partial charge in [0.2, 0.25) is 0 Å². The zero-order valence-electron chi connectivity index (χ0n) is 13.2. The molecule has 6 heteroatoms. The average molecular weight is 309 g/mol. The summed E-state index contributed by atoms with van der Waals surface area (Å²) in [4.78, 5) is 23.1. The number of nitrogens with one attached hydrogen (secondary N) is 1. The number of alkyl carbamates (subject to hydrolysis) is 1. The molecule has 22 heavy (non-hydrogen) atoms. The summed E-state index contributed by atoms with van der Waals surface area (Å²) in [7, 11) is 0. The van der Waals surface area contributed by atoms with E-state index in [4.69, 9.17) is 14.6 Å². The lowest BCUT2D eigenvalue weighted by Gasteiger charge is -2.20. The molecule has 0 fully saturated rings. The number of esters is 1. The van der Waals surface area contributed by atoms with Gasteiger partial charge < -0.3 is 19.9 Å². The fourth-order valence-electron chi connectivity index (χ4n) is 1.43. The summed E-state index contributed by atoms with van der Waals surface area (Å²) < 4.78 is 10.1. The van der Waals surface area contributed by atoms with E-state index in [-0.39, 0.29) is 31.5 Å². The lowest BCUT2D eigenvalue weighted by atomic mass is 9.91. The van der Waals surface area contributed by atoms with Gasteiger partial charge in [-0.3, -0.25) is 4.79 Å². The Hall–Kier alpha value is -2.24. The van der Waals surface area contributed by atoms with Crippen LogP contribution in [0.2, 0.25) is 0 Å². The van der Waals surface area contributed by atoms with E-state index < -0.39 is 11.5 Å². The Kier molecular flexibility index (Phi) is 6.69. The van der Waals surface area contributed by atoms with Crippen molar-refractivity contribution in [3.05, 3.63) is 29.8 Å². The number of amides is 1. The molecule has 122 valence electrons. The summed E-state index contributed by atoms with van der Waals surface area (Å²) in [5, 5.41) is 11.6. The van der Waals surface area contributed by atoms with Gasteiger partial charge in [-0.05, 0) is 38.0 Å². The SMILES string of the molecule is CCC(C)(C)C(=O)OCCNC(=O)OCc1ccc(O)cc1. The molecule has 0 bridgehead atoms. The van der Waals surface area contributed by atoms with Gasteiger partial charge in [-0.2, -0.15) is 0 Å². The number of carbonyl (C=O) groups is 2. The molecule has 1 rings (SSSR count). The average Bonchev–Trinajstić information content (AvgIpc) is 2.50. The van der Waals surface area contributed by atoms with E-state index in [1.165, 1.54) is 12.1 Å². The van der Waals surface area contributed by atoms with Crippen LogP contribution in [-0.2, 0) is 20.9 Å². The second-order valence-corrected chi connectivity index (χ2v) is 5.54. The number of carbonyl (C=O) groups excluding carboxylic acids is 2. The molecule has 0 aliphatic rings. The molecule has 0 radical (unpaired) electrons. The molecular weight excluding hydrogens is 286 g/mol. The summed E-state index contributed by atoms with van der Waals surface area (Å²) in [6.07, 6.45) is 0.104. The Morgan fingerprint density at radius 1 is 1.18 bits per heavy atom. The fraction of sp³-hybridized carbons (Fsp3) is 0.500. The van der Waals surface area contributed by atoms with Gasteiger partial charge in [0, 0.05) is 0 Å². The standard InChI is InChI=1S/C16H23NO5/c1-4-16(2,3)14(19)21-10-9-17-15(20)22-11-12-5-7-13(18)8-6-12/h5-8,18H,4,9-11H2,1-3H3,(H,17,20). The molecule has 0 spiro atoms. The summed E-state index contributed by atoms with van der Waals surface area (Å²) in [6.45, 7) is 5.95. The van der Waals surface area contributed by atoms with Gasteiger partial charge in [0.05, 0.1) is 12.0 Å². The first-order chi connectivity index (χ1) is 10.3. The quantitative estimate of drug-likeness (QED) is 0.597. The normalized spacial score (nSPS) is 10.9.